The number of carbonyl (C=O) groups is 1. The smallest absolute Gasteiger partial charge is 0.276 e. The number of aryl methyl sites for hydroxylation is 1. The molecule has 0 bridgehead atoms. The average Bonchev–Trinajstić information content (AvgIpc) is 3.29. The molecule has 1 aliphatic heterocycles. The van der Waals surface area contributed by atoms with Gasteiger partial charge in [-0.05, 0) is 30.5 Å². The second-order valence-electron chi connectivity index (χ2n) is 7.06. The van der Waals surface area contributed by atoms with Crippen LogP contribution in [-0.2, 0) is 13.6 Å². The lowest BCUT2D eigenvalue weighted by Gasteiger charge is -2.34. The third-order valence-corrected chi connectivity index (χ3v) is 4.87. The fourth-order valence-corrected chi connectivity index (χ4v) is 3.46. The molecule has 26 heavy (non-hydrogen) atoms. The second kappa shape index (κ2) is 6.40. The summed E-state index contributed by atoms with van der Waals surface area (Å²) in [6.45, 7) is 5.22. The van der Waals surface area contributed by atoms with Crippen molar-refractivity contribution < 1.29 is 4.79 Å². The summed E-state index contributed by atoms with van der Waals surface area (Å²) < 4.78 is 3.51. The first-order chi connectivity index (χ1) is 12.5. The van der Waals surface area contributed by atoms with Gasteiger partial charge in [-0.3, -0.25) is 9.48 Å². The van der Waals surface area contributed by atoms with Crippen molar-refractivity contribution in [2.45, 2.75) is 32.4 Å². The van der Waals surface area contributed by atoms with E-state index in [1.807, 2.05) is 50.3 Å². The van der Waals surface area contributed by atoms with E-state index in [0.29, 0.717) is 18.8 Å². The first-order valence-corrected chi connectivity index (χ1v) is 8.80. The van der Waals surface area contributed by atoms with Crippen LogP contribution in [0.3, 0.4) is 0 Å². The van der Waals surface area contributed by atoms with E-state index in [1.54, 1.807) is 15.6 Å². The highest BCUT2D eigenvalue weighted by Gasteiger charge is 2.31. The number of hydrogen-bond acceptors (Lipinski definition) is 4. The van der Waals surface area contributed by atoms with E-state index in [-0.39, 0.29) is 17.9 Å². The number of hydrogen-bond donors (Lipinski definition) is 0. The molecule has 0 saturated heterocycles. The molecule has 2 aromatic heterocycles. The minimum absolute atomic E-state index is 0.0831. The van der Waals surface area contributed by atoms with Crippen LogP contribution < -0.4 is 0 Å². The Bertz CT molecular complexity index is 941. The van der Waals surface area contributed by atoms with Crippen LogP contribution in [0, 0.1) is 0 Å². The van der Waals surface area contributed by atoms with Gasteiger partial charge in [-0.25, -0.2) is 4.68 Å². The van der Waals surface area contributed by atoms with E-state index < -0.39 is 0 Å². The van der Waals surface area contributed by atoms with Gasteiger partial charge >= 0.3 is 0 Å². The molecule has 1 aromatic carbocycles. The molecule has 1 unspecified atom stereocenters. The standard InChI is InChI=1S/C19H22N6O/c1-13(2)25-12-18(21-22-25)19(26)24-10-14-6-4-5-7-16(14)17(11-24)15-8-20-23(3)9-15/h4-9,12-13,17H,10-11H2,1-3H3. The van der Waals surface area contributed by atoms with E-state index >= 15 is 0 Å². The number of nitrogens with zero attached hydrogens (tertiary/aromatic N) is 6. The van der Waals surface area contributed by atoms with E-state index in [9.17, 15) is 4.79 Å². The summed E-state index contributed by atoms with van der Waals surface area (Å²) in [5.41, 5.74) is 3.93. The predicted molar refractivity (Wildman–Crippen MR) is 96.6 cm³/mol. The molecule has 1 aliphatic rings. The number of amides is 1. The normalized spacial score (nSPS) is 16.8. The molecule has 134 valence electrons. The summed E-state index contributed by atoms with van der Waals surface area (Å²) >= 11 is 0. The molecule has 0 N–H and O–H groups in total. The number of benzene rings is 1. The Morgan fingerprint density at radius 3 is 2.73 bits per heavy atom. The monoisotopic (exact) mass is 350 g/mol. The Balaban J connectivity index is 1.67. The lowest BCUT2D eigenvalue weighted by molar-refractivity contribution is 0.0719. The number of carbonyl (C=O) groups excluding carboxylic acids is 1. The van der Waals surface area contributed by atoms with Crippen molar-refractivity contribution >= 4 is 5.91 Å². The molecular weight excluding hydrogens is 328 g/mol. The van der Waals surface area contributed by atoms with Gasteiger partial charge in [0.2, 0.25) is 0 Å². The molecule has 1 amide bonds. The zero-order valence-corrected chi connectivity index (χ0v) is 15.2. The molecular formula is C19H22N6O. The maximum atomic E-state index is 13.0. The largest absolute Gasteiger partial charge is 0.332 e. The van der Waals surface area contributed by atoms with E-state index in [1.165, 1.54) is 5.56 Å². The predicted octanol–water partition coefficient (Wildman–Crippen LogP) is 2.38. The summed E-state index contributed by atoms with van der Waals surface area (Å²) in [5.74, 6) is 0.0260. The van der Waals surface area contributed by atoms with Gasteiger partial charge < -0.3 is 4.90 Å². The summed E-state index contributed by atoms with van der Waals surface area (Å²) in [4.78, 5) is 14.9. The van der Waals surface area contributed by atoms with Crippen LogP contribution in [0.25, 0.3) is 0 Å². The third kappa shape index (κ3) is 2.89. The van der Waals surface area contributed by atoms with Crippen molar-refractivity contribution in [3.63, 3.8) is 0 Å². The van der Waals surface area contributed by atoms with Gasteiger partial charge in [-0.15, -0.1) is 5.10 Å². The first kappa shape index (κ1) is 16.5. The highest BCUT2D eigenvalue weighted by molar-refractivity contribution is 5.92. The van der Waals surface area contributed by atoms with Crippen LogP contribution in [0.4, 0.5) is 0 Å². The van der Waals surface area contributed by atoms with Crippen molar-refractivity contribution in [1.82, 2.24) is 29.7 Å². The van der Waals surface area contributed by atoms with Crippen LogP contribution in [0.1, 0.15) is 53.0 Å². The van der Waals surface area contributed by atoms with E-state index in [0.717, 1.165) is 11.1 Å². The third-order valence-electron chi connectivity index (χ3n) is 4.87. The Kier molecular flexibility index (Phi) is 4.06. The summed E-state index contributed by atoms with van der Waals surface area (Å²) in [7, 11) is 1.91. The Morgan fingerprint density at radius 1 is 1.23 bits per heavy atom. The summed E-state index contributed by atoms with van der Waals surface area (Å²) in [6.07, 6.45) is 5.63. The molecule has 0 aliphatic carbocycles. The molecule has 7 heteroatoms. The lowest BCUT2D eigenvalue weighted by atomic mass is 9.86. The van der Waals surface area contributed by atoms with Crippen LogP contribution in [0.15, 0.2) is 42.9 Å². The van der Waals surface area contributed by atoms with Crippen molar-refractivity contribution in [2.24, 2.45) is 7.05 Å². The number of rotatable bonds is 3. The Hall–Kier alpha value is -2.96. The molecule has 3 heterocycles. The fourth-order valence-electron chi connectivity index (χ4n) is 3.46. The Labute approximate surface area is 152 Å². The van der Waals surface area contributed by atoms with Crippen LogP contribution in [0.2, 0.25) is 0 Å². The quantitative estimate of drug-likeness (QED) is 0.727. The minimum atomic E-state index is -0.0831. The SMILES string of the molecule is CC(C)n1cc(C(=O)N2Cc3ccccc3C(c3cnn(C)c3)C2)nn1. The number of fused-ring (bicyclic) bond motifs is 1. The molecule has 0 fully saturated rings. The zero-order valence-electron chi connectivity index (χ0n) is 15.2. The van der Waals surface area contributed by atoms with Gasteiger partial charge in [0.15, 0.2) is 5.69 Å². The average molecular weight is 350 g/mol. The van der Waals surface area contributed by atoms with Crippen molar-refractivity contribution in [2.75, 3.05) is 6.54 Å². The fraction of sp³-hybridized carbons (Fsp3) is 0.368. The Morgan fingerprint density at radius 2 is 2.04 bits per heavy atom. The van der Waals surface area contributed by atoms with Crippen LogP contribution in [-0.4, -0.2) is 42.1 Å². The minimum Gasteiger partial charge on any atom is -0.332 e. The molecule has 0 saturated carbocycles. The topological polar surface area (TPSA) is 68.8 Å². The van der Waals surface area contributed by atoms with Gasteiger partial charge in [0.25, 0.3) is 5.91 Å². The maximum Gasteiger partial charge on any atom is 0.276 e. The van der Waals surface area contributed by atoms with E-state index in [4.69, 9.17) is 0 Å². The summed E-state index contributed by atoms with van der Waals surface area (Å²) in [6, 6.07) is 8.47. The zero-order chi connectivity index (χ0) is 18.3. The first-order valence-electron chi connectivity index (χ1n) is 8.80. The lowest BCUT2D eigenvalue weighted by Crippen LogP contribution is -2.38. The van der Waals surface area contributed by atoms with Gasteiger partial charge in [-0.2, -0.15) is 5.10 Å². The summed E-state index contributed by atoms with van der Waals surface area (Å²) in [5, 5.41) is 12.4. The van der Waals surface area contributed by atoms with Crippen LogP contribution in [0.5, 0.6) is 0 Å². The molecule has 3 aromatic rings. The van der Waals surface area contributed by atoms with Gasteiger partial charge in [0, 0.05) is 38.3 Å². The van der Waals surface area contributed by atoms with Crippen molar-refractivity contribution in [3.05, 3.63) is 65.2 Å². The van der Waals surface area contributed by atoms with Crippen LogP contribution >= 0.6 is 0 Å². The molecule has 7 nitrogen and oxygen atoms in total. The highest BCUT2D eigenvalue weighted by atomic mass is 16.2. The molecule has 0 spiro atoms. The van der Waals surface area contributed by atoms with Gasteiger partial charge in [0.05, 0.1) is 12.4 Å². The van der Waals surface area contributed by atoms with Crippen molar-refractivity contribution in [1.29, 1.82) is 0 Å². The number of aromatic nitrogens is 5. The van der Waals surface area contributed by atoms with Crippen molar-refractivity contribution in [3.8, 4) is 0 Å². The molecule has 0 radical (unpaired) electrons. The molecule has 4 rings (SSSR count). The van der Waals surface area contributed by atoms with E-state index in [2.05, 4.69) is 27.5 Å². The second-order valence-corrected chi connectivity index (χ2v) is 7.06. The molecule has 1 atom stereocenters. The van der Waals surface area contributed by atoms with Gasteiger partial charge in [-0.1, -0.05) is 29.5 Å². The van der Waals surface area contributed by atoms with Gasteiger partial charge in [0.1, 0.15) is 0 Å². The maximum absolute atomic E-state index is 13.0. The highest BCUT2D eigenvalue weighted by Crippen LogP contribution is 2.33.